The molecular weight excluding hydrogens is 609 g/mol. The van der Waals surface area contributed by atoms with E-state index in [2.05, 4.69) is 15.5 Å². The molecule has 0 bridgehead atoms. The van der Waals surface area contributed by atoms with Crippen molar-refractivity contribution in [2.24, 2.45) is 5.16 Å². The van der Waals surface area contributed by atoms with E-state index in [0.29, 0.717) is 30.2 Å². The lowest BCUT2D eigenvalue weighted by atomic mass is 10.0. The van der Waals surface area contributed by atoms with Crippen molar-refractivity contribution in [3.05, 3.63) is 34.0 Å². The van der Waals surface area contributed by atoms with Crippen LogP contribution in [0.4, 0.5) is 18.3 Å². The summed E-state index contributed by atoms with van der Waals surface area (Å²) in [6.07, 6.45) is -0.912. The number of oxime groups is 1. The van der Waals surface area contributed by atoms with Gasteiger partial charge in [-0.1, -0.05) is 5.16 Å². The Balaban J connectivity index is 0.000000517. The molecule has 1 aromatic heterocycles. The van der Waals surface area contributed by atoms with Crippen molar-refractivity contribution in [1.82, 2.24) is 20.1 Å². The molecule has 14 nitrogen and oxygen atoms in total. The number of nitrogens with one attached hydrogen (secondary N) is 1. The number of aromatic nitrogens is 1. The van der Waals surface area contributed by atoms with E-state index in [9.17, 15) is 37.5 Å². The highest BCUT2D eigenvalue weighted by Crippen LogP contribution is 2.42. The fourth-order valence-electron chi connectivity index (χ4n) is 4.37. The summed E-state index contributed by atoms with van der Waals surface area (Å²) in [6.45, 7) is 0.632. The molecule has 2 atom stereocenters. The number of carboxylic acid groups (broad SMARTS) is 2. The maximum absolute atomic E-state index is 13.0. The quantitative estimate of drug-likeness (QED) is 0.143. The van der Waals surface area contributed by atoms with Gasteiger partial charge in [0.15, 0.2) is 10.8 Å². The topological polar surface area (TPSA) is 205 Å². The van der Waals surface area contributed by atoms with Gasteiger partial charge in [-0.2, -0.15) is 13.2 Å². The number of likely N-dealkylation sites (tertiary alicyclic amines) is 1. The minimum absolute atomic E-state index is 0.0652. The van der Waals surface area contributed by atoms with Gasteiger partial charge in [-0.05, 0) is 30.9 Å². The Morgan fingerprint density at radius 3 is 2.45 bits per heavy atom. The highest BCUT2D eigenvalue weighted by Gasteiger charge is 2.54. The SMILES string of the molecule is CO/N=C(\C(=O)N[C@@H]1C(=O)N2C(C(=O)O)=C(/C=C3\CCN(C4CC4)C3=O)CS[C@H]12)c1csc(N)n1.O=C(O)C(F)(F)F. The van der Waals surface area contributed by atoms with E-state index in [-0.39, 0.29) is 33.9 Å². The van der Waals surface area contributed by atoms with Crippen molar-refractivity contribution in [3.8, 4) is 0 Å². The predicted molar refractivity (Wildman–Crippen MR) is 141 cm³/mol. The number of fused-ring (bicyclic) bond motifs is 1. The molecule has 226 valence electrons. The number of nitrogens with zero attached hydrogens (tertiary/aromatic N) is 4. The number of carboxylic acids is 2. The number of hydrogen-bond donors (Lipinski definition) is 4. The van der Waals surface area contributed by atoms with Gasteiger partial charge in [0.25, 0.3) is 11.8 Å². The van der Waals surface area contributed by atoms with Gasteiger partial charge in [0.05, 0.1) is 0 Å². The van der Waals surface area contributed by atoms with Crippen molar-refractivity contribution in [1.29, 1.82) is 0 Å². The van der Waals surface area contributed by atoms with Crippen molar-refractivity contribution in [3.63, 3.8) is 0 Å². The molecule has 1 aromatic rings. The minimum Gasteiger partial charge on any atom is -0.477 e. The lowest BCUT2D eigenvalue weighted by Crippen LogP contribution is -2.71. The summed E-state index contributed by atoms with van der Waals surface area (Å²) in [5, 5.41) is 24.5. The van der Waals surface area contributed by atoms with E-state index in [0.717, 1.165) is 24.2 Å². The van der Waals surface area contributed by atoms with Gasteiger partial charge in [-0.25, -0.2) is 14.6 Å². The second-order valence-electron chi connectivity index (χ2n) is 9.19. The molecular formula is C23H23F3N6O8S2. The zero-order chi connectivity index (χ0) is 30.9. The molecule has 5 rings (SSSR count). The number of aliphatic carboxylic acids is 2. The van der Waals surface area contributed by atoms with Crippen LogP contribution in [0.2, 0.25) is 0 Å². The number of carbonyl (C=O) groups excluding carboxylic acids is 3. The standard InChI is InChI=1S/C21H22N6O6S2.C2HF3O2/c1-33-25-13(12-8-35-21(22)23-12)16(28)24-14-18(30)27-15(20(31)32)10(7-34-19(14)27)6-9-4-5-26(17(9)29)11-2-3-11;3-2(4,5)1(6)7/h6,8,11,14,19H,2-5,7H2,1H3,(H2,22,23)(H,24,28)(H,31,32);(H,6,7)/b9-6+,25-13-;/t14-,19-;/m1./s1. The molecule has 42 heavy (non-hydrogen) atoms. The lowest BCUT2D eigenvalue weighted by molar-refractivity contribution is -0.192. The summed E-state index contributed by atoms with van der Waals surface area (Å²) in [4.78, 5) is 71.3. The van der Waals surface area contributed by atoms with Crippen LogP contribution in [0.3, 0.4) is 0 Å². The third kappa shape index (κ3) is 6.35. The van der Waals surface area contributed by atoms with E-state index in [4.69, 9.17) is 20.5 Å². The van der Waals surface area contributed by atoms with Crippen molar-refractivity contribution < 1.29 is 52.2 Å². The predicted octanol–water partition coefficient (Wildman–Crippen LogP) is 0.769. The number of rotatable bonds is 7. The normalized spacial score (nSPS) is 23.2. The molecule has 0 unspecified atom stereocenters. The van der Waals surface area contributed by atoms with Crippen molar-refractivity contribution in [2.45, 2.75) is 42.9 Å². The molecule has 19 heteroatoms. The molecule has 1 saturated carbocycles. The molecule has 0 radical (unpaired) electrons. The fourth-order valence-corrected chi connectivity index (χ4v) is 6.22. The zero-order valence-electron chi connectivity index (χ0n) is 21.6. The molecule has 0 aromatic carbocycles. The first-order valence-electron chi connectivity index (χ1n) is 12.1. The molecule has 4 aliphatic rings. The fraction of sp³-hybridized carbons (Fsp3) is 0.435. The van der Waals surface area contributed by atoms with Crippen LogP contribution < -0.4 is 11.1 Å². The molecule has 3 aliphatic heterocycles. The minimum atomic E-state index is -5.08. The van der Waals surface area contributed by atoms with Crippen LogP contribution in [-0.4, -0.2) is 103 Å². The summed E-state index contributed by atoms with van der Waals surface area (Å²) in [6, 6.07) is -0.660. The second kappa shape index (κ2) is 12.0. The summed E-state index contributed by atoms with van der Waals surface area (Å²) in [7, 11) is 1.27. The number of carbonyl (C=O) groups is 5. The number of thioether (sulfide) groups is 1. The number of amides is 3. The third-order valence-electron chi connectivity index (χ3n) is 6.39. The number of hydrogen-bond acceptors (Lipinski definition) is 11. The molecule has 1 aliphatic carbocycles. The van der Waals surface area contributed by atoms with Crippen LogP contribution in [0.5, 0.6) is 0 Å². The largest absolute Gasteiger partial charge is 0.490 e. The van der Waals surface area contributed by atoms with Crippen LogP contribution >= 0.6 is 23.1 Å². The van der Waals surface area contributed by atoms with E-state index in [1.54, 1.807) is 6.08 Å². The Hall–Kier alpha value is -4.13. The van der Waals surface area contributed by atoms with Gasteiger partial charge < -0.3 is 31.0 Å². The first-order chi connectivity index (χ1) is 19.7. The molecule has 0 spiro atoms. The highest BCUT2D eigenvalue weighted by atomic mass is 32.2. The monoisotopic (exact) mass is 632 g/mol. The highest BCUT2D eigenvalue weighted by molar-refractivity contribution is 8.00. The van der Waals surface area contributed by atoms with E-state index in [1.165, 1.54) is 29.2 Å². The third-order valence-corrected chi connectivity index (χ3v) is 8.36. The average Bonchev–Trinajstić information content (AvgIpc) is 3.57. The maximum Gasteiger partial charge on any atom is 0.490 e. The van der Waals surface area contributed by atoms with Crippen LogP contribution in [-0.2, 0) is 28.8 Å². The second-order valence-corrected chi connectivity index (χ2v) is 11.2. The number of allylic oxidation sites excluding steroid dienone is 1. The molecule has 5 N–H and O–H groups in total. The number of halogens is 3. The molecule has 4 heterocycles. The van der Waals surface area contributed by atoms with Gasteiger partial charge in [-0.3, -0.25) is 19.3 Å². The Bertz CT molecular complexity index is 1420. The number of anilines is 1. The van der Waals surface area contributed by atoms with Crippen LogP contribution in [0, 0.1) is 0 Å². The van der Waals surface area contributed by atoms with Gasteiger partial charge in [0.1, 0.15) is 29.9 Å². The summed E-state index contributed by atoms with van der Waals surface area (Å²) < 4.78 is 31.7. The summed E-state index contributed by atoms with van der Waals surface area (Å²) in [5.74, 6) is -5.05. The van der Waals surface area contributed by atoms with Gasteiger partial charge in [0, 0.05) is 29.3 Å². The van der Waals surface area contributed by atoms with Gasteiger partial charge in [0.2, 0.25) is 5.91 Å². The Morgan fingerprint density at radius 2 is 1.93 bits per heavy atom. The average molecular weight is 633 g/mol. The van der Waals surface area contributed by atoms with Crippen molar-refractivity contribution >= 4 is 63.6 Å². The molecule has 3 amide bonds. The van der Waals surface area contributed by atoms with Crippen LogP contribution in [0.15, 0.2) is 33.5 Å². The number of alkyl halides is 3. The van der Waals surface area contributed by atoms with E-state index >= 15 is 0 Å². The Morgan fingerprint density at radius 1 is 1.26 bits per heavy atom. The smallest absolute Gasteiger partial charge is 0.477 e. The molecule has 2 saturated heterocycles. The first kappa shape index (κ1) is 30.8. The maximum atomic E-state index is 13.0. The zero-order valence-corrected chi connectivity index (χ0v) is 23.2. The van der Waals surface area contributed by atoms with Gasteiger partial charge >= 0.3 is 18.1 Å². The van der Waals surface area contributed by atoms with E-state index < -0.39 is 41.3 Å². The summed E-state index contributed by atoms with van der Waals surface area (Å²) >= 11 is 2.44. The Labute approximate surface area is 243 Å². The number of β-lactam (4-membered cyclic amide) rings is 1. The summed E-state index contributed by atoms with van der Waals surface area (Å²) in [5.41, 5.74) is 6.51. The van der Waals surface area contributed by atoms with Crippen LogP contribution in [0.1, 0.15) is 25.0 Å². The number of thiazole rings is 1. The first-order valence-corrected chi connectivity index (χ1v) is 14.0. The van der Waals surface area contributed by atoms with Crippen LogP contribution in [0.25, 0.3) is 0 Å². The molecule has 3 fully saturated rings. The van der Waals surface area contributed by atoms with Gasteiger partial charge in [-0.15, -0.1) is 23.1 Å². The number of nitrogen functional groups attached to an aromatic ring is 1. The number of nitrogens with two attached hydrogens (primary N) is 1. The lowest BCUT2D eigenvalue weighted by Gasteiger charge is -2.49. The Kier molecular flexibility index (Phi) is 8.81. The van der Waals surface area contributed by atoms with E-state index in [1.807, 2.05) is 4.90 Å². The van der Waals surface area contributed by atoms with Crippen molar-refractivity contribution in [2.75, 3.05) is 25.1 Å².